The van der Waals surface area contributed by atoms with Gasteiger partial charge in [-0.25, -0.2) is 4.98 Å². The predicted molar refractivity (Wildman–Crippen MR) is 68.1 cm³/mol. The number of carbonyl (C=O) groups is 1. The molecule has 1 fully saturated rings. The second-order valence-electron chi connectivity index (χ2n) is 4.90. The maximum absolute atomic E-state index is 10.9. The van der Waals surface area contributed by atoms with Gasteiger partial charge in [0.1, 0.15) is 5.82 Å². The SMILES string of the molecule is CCn1ccnc1CNC1CCC(C(=O)O)CC1. The van der Waals surface area contributed by atoms with Crippen molar-refractivity contribution in [2.45, 2.75) is 51.7 Å². The van der Waals surface area contributed by atoms with Gasteiger partial charge >= 0.3 is 5.97 Å². The number of aliphatic carboxylic acids is 1. The number of rotatable bonds is 5. The summed E-state index contributed by atoms with van der Waals surface area (Å²) in [7, 11) is 0. The zero-order valence-electron chi connectivity index (χ0n) is 10.8. The third-order valence-electron chi connectivity index (χ3n) is 3.77. The van der Waals surface area contributed by atoms with Crippen molar-refractivity contribution in [3.63, 3.8) is 0 Å². The van der Waals surface area contributed by atoms with Gasteiger partial charge in [-0.3, -0.25) is 4.79 Å². The van der Waals surface area contributed by atoms with Gasteiger partial charge in [0.2, 0.25) is 0 Å². The van der Waals surface area contributed by atoms with Crippen molar-refractivity contribution in [3.05, 3.63) is 18.2 Å². The quantitative estimate of drug-likeness (QED) is 0.834. The molecule has 2 N–H and O–H groups in total. The lowest BCUT2D eigenvalue weighted by Gasteiger charge is -2.26. The Balaban J connectivity index is 1.77. The molecule has 5 nitrogen and oxygen atoms in total. The third-order valence-corrected chi connectivity index (χ3v) is 3.77. The molecule has 1 aliphatic rings. The molecule has 1 aliphatic carbocycles. The molecule has 0 atom stereocenters. The fourth-order valence-electron chi connectivity index (χ4n) is 2.58. The van der Waals surface area contributed by atoms with Gasteiger partial charge in [-0.15, -0.1) is 0 Å². The summed E-state index contributed by atoms with van der Waals surface area (Å²) >= 11 is 0. The summed E-state index contributed by atoms with van der Waals surface area (Å²) in [6.45, 7) is 3.80. The van der Waals surface area contributed by atoms with E-state index in [4.69, 9.17) is 5.11 Å². The minimum Gasteiger partial charge on any atom is -0.481 e. The molecule has 1 heterocycles. The molecule has 0 unspecified atom stereocenters. The summed E-state index contributed by atoms with van der Waals surface area (Å²) in [6, 6.07) is 0.433. The smallest absolute Gasteiger partial charge is 0.306 e. The highest BCUT2D eigenvalue weighted by molar-refractivity contribution is 5.70. The Morgan fingerprint density at radius 3 is 2.83 bits per heavy atom. The minimum absolute atomic E-state index is 0.138. The van der Waals surface area contributed by atoms with Crippen LogP contribution < -0.4 is 5.32 Å². The van der Waals surface area contributed by atoms with E-state index in [1.165, 1.54) is 0 Å². The highest BCUT2D eigenvalue weighted by atomic mass is 16.4. The Morgan fingerprint density at radius 1 is 1.50 bits per heavy atom. The van der Waals surface area contributed by atoms with Crippen LogP contribution in [0.4, 0.5) is 0 Å². The molecule has 0 bridgehead atoms. The molecule has 18 heavy (non-hydrogen) atoms. The number of aryl methyl sites for hydroxylation is 1. The average molecular weight is 251 g/mol. The fourth-order valence-corrected chi connectivity index (χ4v) is 2.58. The first kappa shape index (κ1) is 13.1. The molecule has 0 aliphatic heterocycles. The van der Waals surface area contributed by atoms with Crippen molar-refractivity contribution >= 4 is 5.97 Å². The van der Waals surface area contributed by atoms with Crippen LogP contribution in [0.2, 0.25) is 0 Å². The van der Waals surface area contributed by atoms with Crippen molar-refractivity contribution in [3.8, 4) is 0 Å². The molecule has 1 saturated carbocycles. The van der Waals surface area contributed by atoms with E-state index >= 15 is 0 Å². The van der Waals surface area contributed by atoms with E-state index in [1.54, 1.807) is 0 Å². The Bertz CT molecular complexity index is 395. The Morgan fingerprint density at radius 2 is 2.22 bits per heavy atom. The average Bonchev–Trinajstić information content (AvgIpc) is 2.84. The number of imidazole rings is 1. The molecule has 0 saturated heterocycles. The number of carboxylic acid groups (broad SMARTS) is 1. The van der Waals surface area contributed by atoms with Crippen LogP contribution in [0.25, 0.3) is 0 Å². The number of nitrogens with one attached hydrogen (secondary N) is 1. The van der Waals surface area contributed by atoms with Crippen LogP contribution in [0.3, 0.4) is 0 Å². The van der Waals surface area contributed by atoms with Crippen LogP contribution in [0.1, 0.15) is 38.4 Å². The van der Waals surface area contributed by atoms with E-state index in [9.17, 15) is 4.79 Å². The first-order chi connectivity index (χ1) is 8.70. The highest BCUT2D eigenvalue weighted by Crippen LogP contribution is 2.24. The molecule has 0 radical (unpaired) electrons. The monoisotopic (exact) mass is 251 g/mol. The third kappa shape index (κ3) is 3.10. The zero-order chi connectivity index (χ0) is 13.0. The summed E-state index contributed by atoms with van der Waals surface area (Å²) in [5, 5.41) is 12.4. The molecule has 100 valence electrons. The van der Waals surface area contributed by atoms with Crippen molar-refractivity contribution in [1.29, 1.82) is 0 Å². The van der Waals surface area contributed by atoms with E-state index in [2.05, 4.69) is 21.8 Å². The van der Waals surface area contributed by atoms with Gasteiger partial charge in [0.15, 0.2) is 0 Å². The summed E-state index contributed by atoms with van der Waals surface area (Å²) in [5.41, 5.74) is 0. The van der Waals surface area contributed by atoms with Gasteiger partial charge in [0, 0.05) is 25.0 Å². The highest BCUT2D eigenvalue weighted by Gasteiger charge is 2.25. The summed E-state index contributed by atoms with van der Waals surface area (Å²) in [6.07, 6.45) is 7.28. The molecule has 0 amide bonds. The van der Waals surface area contributed by atoms with Gasteiger partial charge in [-0.05, 0) is 32.6 Å². The second kappa shape index (κ2) is 6.00. The lowest BCUT2D eigenvalue weighted by atomic mass is 9.86. The molecule has 5 heteroatoms. The largest absolute Gasteiger partial charge is 0.481 e. The summed E-state index contributed by atoms with van der Waals surface area (Å²) in [5.74, 6) is 0.272. The van der Waals surface area contributed by atoms with E-state index in [0.717, 1.165) is 44.6 Å². The van der Waals surface area contributed by atoms with Crippen molar-refractivity contribution in [2.24, 2.45) is 5.92 Å². The van der Waals surface area contributed by atoms with Crippen LogP contribution in [0.5, 0.6) is 0 Å². The van der Waals surface area contributed by atoms with Crippen LogP contribution in [-0.4, -0.2) is 26.7 Å². The van der Waals surface area contributed by atoms with Crippen LogP contribution in [0.15, 0.2) is 12.4 Å². The lowest BCUT2D eigenvalue weighted by molar-refractivity contribution is -0.142. The van der Waals surface area contributed by atoms with E-state index in [-0.39, 0.29) is 5.92 Å². The van der Waals surface area contributed by atoms with Gasteiger partial charge in [0.25, 0.3) is 0 Å². The second-order valence-corrected chi connectivity index (χ2v) is 4.90. The molecule has 1 aromatic heterocycles. The minimum atomic E-state index is -0.644. The molecule has 1 aromatic rings. The van der Waals surface area contributed by atoms with Crippen molar-refractivity contribution in [2.75, 3.05) is 0 Å². The Kier molecular flexibility index (Phi) is 4.36. The number of carboxylic acids is 1. The first-order valence-electron chi connectivity index (χ1n) is 6.67. The number of hydrogen-bond donors (Lipinski definition) is 2. The Hall–Kier alpha value is -1.36. The van der Waals surface area contributed by atoms with Gasteiger partial charge in [-0.1, -0.05) is 0 Å². The van der Waals surface area contributed by atoms with Gasteiger partial charge < -0.3 is 15.0 Å². The molecule has 0 spiro atoms. The van der Waals surface area contributed by atoms with Crippen molar-refractivity contribution in [1.82, 2.24) is 14.9 Å². The molecular formula is C13H21N3O2. The van der Waals surface area contributed by atoms with Crippen molar-refractivity contribution < 1.29 is 9.90 Å². The number of aromatic nitrogens is 2. The normalized spacial score (nSPS) is 24.1. The van der Waals surface area contributed by atoms with Crippen LogP contribution in [-0.2, 0) is 17.9 Å². The fraction of sp³-hybridized carbons (Fsp3) is 0.692. The number of nitrogens with zero attached hydrogens (tertiary/aromatic N) is 2. The van der Waals surface area contributed by atoms with Gasteiger partial charge in [-0.2, -0.15) is 0 Å². The number of hydrogen-bond acceptors (Lipinski definition) is 3. The predicted octanol–water partition coefficient (Wildman–Crippen LogP) is 1.64. The Labute approximate surface area is 107 Å². The molecule has 2 rings (SSSR count). The van der Waals surface area contributed by atoms with E-state index in [1.807, 2.05) is 12.4 Å². The maximum atomic E-state index is 10.9. The lowest BCUT2D eigenvalue weighted by Crippen LogP contribution is -2.35. The summed E-state index contributed by atoms with van der Waals surface area (Å²) < 4.78 is 2.12. The maximum Gasteiger partial charge on any atom is 0.306 e. The standard InChI is InChI=1S/C13H21N3O2/c1-2-16-8-7-14-12(16)9-15-11-5-3-10(4-6-11)13(17)18/h7-8,10-11,15H,2-6,9H2,1H3,(H,17,18). The van der Waals surface area contributed by atoms with Crippen LogP contribution >= 0.6 is 0 Å². The zero-order valence-corrected chi connectivity index (χ0v) is 10.8. The summed E-state index contributed by atoms with van der Waals surface area (Å²) in [4.78, 5) is 15.2. The topological polar surface area (TPSA) is 67.2 Å². The molecule has 0 aromatic carbocycles. The van der Waals surface area contributed by atoms with E-state index in [0.29, 0.717) is 6.04 Å². The molecular weight excluding hydrogens is 230 g/mol. The first-order valence-corrected chi connectivity index (χ1v) is 6.67. The van der Waals surface area contributed by atoms with Gasteiger partial charge in [0.05, 0.1) is 12.5 Å². The van der Waals surface area contributed by atoms with Crippen LogP contribution in [0, 0.1) is 5.92 Å². The van der Waals surface area contributed by atoms with E-state index < -0.39 is 5.97 Å².